The first-order chi connectivity index (χ1) is 13.1. The number of ether oxygens (including phenoxy) is 1. The second-order valence-electron chi connectivity index (χ2n) is 6.44. The highest BCUT2D eigenvalue weighted by Gasteiger charge is 2.09. The van der Waals surface area contributed by atoms with Gasteiger partial charge in [0.05, 0.1) is 6.61 Å². The molecule has 2 aromatic rings. The molecule has 0 spiro atoms. The maximum absolute atomic E-state index is 6.00. The number of aliphatic imine (C=N–C) groups is 1. The highest BCUT2D eigenvalue weighted by Crippen LogP contribution is 2.20. The summed E-state index contributed by atoms with van der Waals surface area (Å²) in [5.41, 5.74) is 0.810. The summed E-state index contributed by atoms with van der Waals surface area (Å²) in [5.74, 6) is 2.28. The maximum atomic E-state index is 6.00. The van der Waals surface area contributed by atoms with Crippen molar-refractivity contribution in [3.63, 3.8) is 0 Å². The third-order valence-corrected chi connectivity index (χ3v) is 3.88. The number of hydrogen-bond donors (Lipinski definition) is 2. The van der Waals surface area contributed by atoms with Gasteiger partial charge in [-0.05, 0) is 31.4 Å². The number of aromatic nitrogens is 2. The van der Waals surface area contributed by atoms with Crippen molar-refractivity contribution in [1.29, 1.82) is 0 Å². The Morgan fingerprint density at radius 3 is 2.82 bits per heavy atom. The molecule has 0 aliphatic carbocycles. The predicted molar refractivity (Wildman–Crippen MR) is 123 cm³/mol. The molecule has 156 valence electrons. The Morgan fingerprint density at radius 2 is 2.11 bits per heavy atom. The Kier molecular flexibility index (Phi) is 12.1. The SMILES string of the molecule is CCNC(=NCc1nc(-c2cccc(Cl)c2)no1)NCCOCCC(C)C.I. The lowest BCUT2D eigenvalue weighted by molar-refractivity contribution is 0.128. The van der Waals surface area contributed by atoms with Crippen LogP contribution in [0.3, 0.4) is 0 Å². The molecule has 2 rings (SSSR count). The molecule has 28 heavy (non-hydrogen) atoms. The van der Waals surface area contributed by atoms with Crippen LogP contribution in [-0.4, -0.2) is 42.4 Å². The largest absolute Gasteiger partial charge is 0.380 e. The lowest BCUT2D eigenvalue weighted by Crippen LogP contribution is -2.39. The lowest BCUT2D eigenvalue weighted by Gasteiger charge is -2.11. The Hall–Kier alpha value is -1.39. The molecular formula is C19H29ClIN5O2. The Balaban J connectivity index is 0.00000392. The van der Waals surface area contributed by atoms with Crippen LogP contribution < -0.4 is 10.6 Å². The molecule has 2 N–H and O–H groups in total. The van der Waals surface area contributed by atoms with E-state index in [1.54, 1.807) is 12.1 Å². The molecule has 1 heterocycles. The fourth-order valence-electron chi connectivity index (χ4n) is 2.22. The van der Waals surface area contributed by atoms with Gasteiger partial charge in [-0.1, -0.05) is 42.7 Å². The quantitative estimate of drug-likeness (QED) is 0.212. The van der Waals surface area contributed by atoms with Crippen molar-refractivity contribution in [3.8, 4) is 11.4 Å². The first-order valence-electron chi connectivity index (χ1n) is 9.27. The van der Waals surface area contributed by atoms with Crippen LogP contribution in [0.15, 0.2) is 33.8 Å². The first kappa shape index (κ1) is 24.6. The molecule has 0 unspecified atom stereocenters. The summed E-state index contributed by atoms with van der Waals surface area (Å²) in [6.45, 7) is 9.54. The summed E-state index contributed by atoms with van der Waals surface area (Å²) >= 11 is 6.00. The molecule has 0 atom stereocenters. The molecule has 1 aromatic heterocycles. The average molecular weight is 522 g/mol. The van der Waals surface area contributed by atoms with E-state index in [1.165, 1.54) is 0 Å². The summed E-state index contributed by atoms with van der Waals surface area (Å²) < 4.78 is 10.9. The average Bonchev–Trinajstić information content (AvgIpc) is 3.11. The summed E-state index contributed by atoms with van der Waals surface area (Å²) in [7, 11) is 0. The lowest BCUT2D eigenvalue weighted by atomic mass is 10.1. The highest BCUT2D eigenvalue weighted by molar-refractivity contribution is 14.0. The van der Waals surface area contributed by atoms with E-state index in [2.05, 4.69) is 39.6 Å². The van der Waals surface area contributed by atoms with Crippen molar-refractivity contribution in [2.75, 3.05) is 26.3 Å². The monoisotopic (exact) mass is 521 g/mol. The maximum Gasteiger partial charge on any atom is 0.248 e. The van der Waals surface area contributed by atoms with E-state index in [-0.39, 0.29) is 30.5 Å². The zero-order valence-electron chi connectivity index (χ0n) is 16.6. The topological polar surface area (TPSA) is 84.6 Å². The molecule has 0 amide bonds. The van der Waals surface area contributed by atoms with Crippen LogP contribution in [0, 0.1) is 5.92 Å². The van der Waals surface area contributed by atoms with Crippen molar-refractivity contribution >= 4 is 41.5 Å². The normalized spacial score (nSPS) is 11.4. The Labute approximate surface area is 188 Å². The minimum absolute atomic E-state index is 0. The Bertz CT molecular complexity index is 724. The molecule has 0 aliphatic rings. The van der Waals surface area contributed by atoms with Crippen molar-refractivity contribution in [1.82, 2.24) is 20.8 Å². The van der Waals surface area contributed by atoms with Gasteiger partial charge in [-0.2, -0.15) is 4.98 Å². The van der Waals surface area contributed by atoms with E-state index < -0.39 is 0 Å². The number of hydrogen-bond acceptors (Lipinski definition) is 5. The number of rotatable bonds is 10. The van der Waals surface area contributed by atoms with E-state index in [0.717, 1.165) is 25.1 Å². The molecule has 9 heteroatoms. The molecule has 0 aliphatic heterocycles. The summed E-state index contributed by atoms with van der Waals surface area (Å²) in [6.07, 6.45) is 1.07. The van der Waals surface area contributed by atoms with Gasteiger partial charge in [0.25, 0.3) is 0 Å². The first-order valence-corrected chi connectivity index (χ1v) is 9.64. The van der Waals surface area contributed by atoms with Crippen LogP contribution in [0.4, 0.5) is 0 Å². The van der Waals surface area contributed by atoms with Crippen molar-refractivity contribution in [2.45, 2.75) is 33.7 Å². The van der Waals surface area contributed by atoms with Crippen molar-refractivity contribution in [2.24, 2.45) is 10.9 Å². The van der Waals surface area contributed by atoms with Gasteiger partial charge in [0.1, 0.15) is 6.54 Å². The molecule has 0 saturated carbocycles. The molecule has 0 radical (unpaired) electrons. The van der Waals surface area contributed by atoms with Gasteiger partial charge in [0, 0.05) is 30.3 Å². The molecule has 1 aromatic carbocycles. The van der Waals surface area contributed by atoms with E-state index in [0.29, 0.717) is 41.8 Å². The third kappa shape index (κ3) is 9.20. The van der Waals surface area contributed by atoms with Gasteiger partial charge in [-0.3, -0.25) is 0 Å². The van der Waals surface area contributed by atoms with Gasteiger partial charge >= 0.3 is 0 Å². The van der Waals surface area contributed by atoms with Crippen LogP contribution in [0.25, 0.3) is 11.4 Å². The number of halogens is 2. The van der Waals surface area contributed by atoms with Crippen LogP contribution in [0.5, 0.6) is 0 Å². The molecule has 7 nitrogen and oxygen atoms in total. The summed E-state index contributed by atoms with van der Waals surface area (Å²) in [5, 5.41) is 11.0. The van der Waals surface area contributed by atoms with E-state index >= 15 is 0 Å². The van der Waals surface area contributed by atoms with Crippen LogP contribution >= 0.6 is 35.6 Å². The third-order valence-electron chi connectivity index (χ3n) is 3.65. The fraction of sp³-hybridized carbons (Fsp3) is 0.526. The van der Waals surface area contributed by atoms with Gasteiger partial charge in [0.15, 0.2) is 5.96 Å². The van der Waals surface area contributed by atoms with Crippen LogP contribution in [0.1, 0.15) is 33.1 Å². The smallest absolute Gasteiger partial charge is 0.248 e. The van der Waals surface area contributed by atoms with Crippen LogP contribution in [-0.2, 0) is 11.3 Å². The van der Waals surface area contributed by atoms with Crippen molar-refractivity contribution < 1.29 is 9.26 Å². The number of nitrogens with one attached hydrogen (secondary N) is 2. The predicted octanol–water partition coefficient (Wildman–Crippen LogP) is 4.13. The molecule has 0 saturated heterocycles. The number of benzene rings is 1. The number of guanidine groups is 1. The van der Waals surface area contributed by atoms with Gasteiger partial charge in [0.2, 0.25) is 11.7 Å². The van der Waals surface area contributed by atoms with Gasteiger partial charge in [-0.15, -0.1) is 24.0 Å². The summed E-state index contributed by atoms with van der Waals surface area (Å²) in [4.78, 5) is 8.84. The second kappa shape index (κ2) is 13.7. The van der Waals surface area contributed by atoms with E-state index in [1.807, 2.05) is 19.1 Å². The second-order valence-corrected chi connectivity index (χ2v) is 6.88. The van der Waals surface area contributed by atoms with Gasteiger partial charge in [-0.25, -0.2) is 4.99 Å². The minimum atomic E-state index is 0. The molecule has 0 bridgehead atoms. The number of nitrogens with zero attached hydrogens (tertiary/aromatic N) is 3. The van der Waals surface area contributed by atoms with Crippen LogP contribution in [0.2, 0.25) is 5.02 Å². The minimum Gasteiger partial charge on any atom is -0.380 e. The van der Waals surface area contributed by atoms with E-state index in [4.69, 9.17) is 20.9 Å². The summed E-state index contributed by atoms with van der Waals surface area (Å²) in [6, 6.07) is 7.33. The highest BCUT2D eigenvalue weighted by atomic mass is 127. The van der Waals surface area contributed by atoms with Crippen molar-refractivity contribution in [3.05, 3.63) is 35.2 Å². The molecule has 0 fully saturated rings. The van der Waals surface area contributed by atoms with Gasteiger partial charge < -0.3 is 19.9 Å². The Morgan fingerprint density at radius 1 is 1.29 bits per heavy atom. The zero-order valence-corrected chi connectivity index (χ0v) is 19.7. The zero-order chi connectivity index (χ0) is 19.5. The fourth-order valence-corrected chi connectivity index (χ4v) is 2.41. The molecular weight excluding hydrogens is 493 g/mol. The van der Waals surface area contributed by atoms with E-state index in [9.17, 15) is 0 Å². The standard InChI is InChI=1S/C19H28ClN5O2.HI/c1-4-21-19(22-9-11-26-10-8-14(2)3)23-13-17-24-18(25-27-17)15-6-5-7-16(20)12-15;/h5-7,12,14H,4,8-11,13H2,1-3H3,(H2,21,22,23);1H.